The first-order valence-electron chi connectivity index (χ1n) is 5.30. The molecule has 0 aliphatic carbocycles. The third kappa shape index (κ3) is 1.82. The van der Waals surface area contributed by atoms with Crippen molar-refractivity contribution in [2.24, 2.45) is 0 Å². The number of nitrogens with zero attached hydrogens (tertiary/aromatic N) is 2. The molecule has 1 aliphatic heterocycles. The number of ether oxygens (including phenoxy) is 1. The van der Waals surface area contributed by atoms with Crippen molar-refractivity contribution in [3.63, 3.8) is 0 Å². The van der Waals surface area contributed by atoms with E-state index < -0.39 is 0 Å². The lowest BCUT2D eigenvalue weighted by Gasteiger charge is -2.35. The van der Waals surface area contributed by atoms with Crippen LogP contribution in [-0.2, 0) is 0 Å². The van der Waals surface area contributed by atoms with E-state index in [-0.39, 0.29) is 0 Å². The Labute approximate surface area is 95.4 Å². The Hall–Kier alpha value is -1.73. The summed E-state index contributed by atoms with van der Waals surface area (Å²) in [5.74, 6) is 0.800. The van der Waals surface area contributed by atoms with Gasteiger partial charge in [0.1, 0.15) is 12.4 Å². The minimum atomic E-state index is 0.338. The molecule has 1 aromatic carbocycles. The zero-order valence-electron chi connectivity index (χ0n) is 9.53. The van der Waals surface area contributed by atoms with Crippen molar-refractivity contribution >= 4 is 5.69 Å². The number of hydrogen-bond acceptors (Lipinski definition) is 4. The molecule has 1 aliphatic rings. The number of hydrogen-bond donors (Lipinski definition) is 1. The first-order chi connectivity index (χ1) is 7.76. The van der Waals surface area contributed by atoms with Crippen molar-refractivity contribution in [2.75, 3.05) is 32.1 Å². The standard InChI is InChI=1S/C12H15N3O/c1-14-7-10-8-16-12-5-9(6-13)3-4-11(12)15(10)2/h3-5,10,14H,7-8H2,1-2H3. The number of fused-ring (bicyclic) bond motifs is 1. The molecular formula is C12H15N3O. The quantitative estimate of drug-likeness (QED) is 0.802. The summed E-state index contributed by atoms with van der Waals surface area (Å²) >= 11 is 0. The predicted octanol–water partition coefficient (Wildman–Crippen LogP) is 0.975. The fraction of sp³-hybridized carbons (Fsp3) is 0.417. The lowest BCUT2D eigenvalue weighted by Crippen LogP contribution is -2.46. The van der Waals surface area contributed by atoms with Crippen LogP contribution in [0.25, 0.3) is 0 Å². The number of rotatable bonds is 2. The van der Waals surface area contributed by atoms with E-state index in [1.807, 2.05) is 19.2 Å². The Kier molecular flexibility index (Phi) is 2.97. The Balaban J connectivity index is 2.29. The molecule has 0 spiro atoms. The summed E-state index contributed by atoms with van der Waals surface area (Å²) in [5, 5.41) is 12.0. The van der Waals surface area contributed by atoms with Crippen LogP contribution in [0.5, 0.6) is 5.75 Å². The molecule has 1 heterocycles. The van der Waals surface area contributed by atoms with E-state index in [4.69, 9.17) is 10.00 Å². The molecule has 0 saturated heterocycles. The number of likely N-dealkylation sites (N-methyl/N-ethyl adjacent to an activating group) is 2. The van der Waals surface area contributed by atoms with E-state index in [0.717, 1.165) is 18.0 Å². The van der Waals surface area contributed by atoms with Crippen LogP contribution in [0.3, 0.4) is 0 Å². The van der Waals surface area contributed by atoms with Gasteiger partial charge in [-0.05, 0) is 19.2 Å². The van der Waals surface area contributed by atoms with Gasteiger partial charge in [-0.3, -0.25) is 0 Å². The minimum Gasteiger partial charge on any atom is -0.489 e. The van der Waals surface area contributed by atoms with Gasteiger partial charge in [0.15, 0.2) is 0 Å². The summed E-state index contributed by atoms with van der Waals surface area (Å²) in [6.07, 6.45) is 0. The van der Waals surface area contributed by atoms with Gasteiger partial charge in [0, 0.05) is 19.7 Å². The van der Waals surface area contributed by atoms with Crippen LogP contribution < -0.4 is 15.0 Å². The zero-order valence-corrected chi connectivity index (χ0v) is 9.53. The topological polar surface area (TPSA) is 48.3 Å². The Morgan fingerprint density at radius 1 is 1.62 bits per heavy atom. The highest BCUT2D eigenvalue weighted by Gasteiger charge is 2.24. The maximum Gasteiger partial charge on any atom is 0.144 e. The van der Waals surface area contributed by atoms with Crippen LogP contribution >= 0.6 is 0 Å². The Morgan fingerprint density at radius 2 is 2.44 bits per heavy atom. The monoisotopic (exact) mass is 217 g/mol. The van der Waals surface area contributed by atoms with Crippen LogP contribution in [0.1, 0.15) is 5.56 Å². The molecule has 0 saturated carbocycles. The van der Waals surface area contributed by atoms with E-state index in [1.165, 1.54) is 0 Å². The van der Waals surface area contributed by atoms with Crippen LogP contribution in [-0.4, -0.2) is 33.3 Å². The first kappa shape index (κ1) is 10.8. The maximum absolute atomic E-state index is 8.81. The van der Waals surface area contributed by atoms with E-state index in [2.05, 4.69) is 23.3 Å². The molecule has 0 aromatic heterocycles. The minimum absolute atomic E-state index is 0.338. The fourth-order valence-electron chi connectivity index (χ4n) is 1.92. The Morgan fingerprint density at radius 3 is 3.12 bits per heavy atom. The molecule has 4 heteroatoms. The van der Waals surface area contributed by atoms with Gasteiger partial charge in [0.2, 0.25) is 0 Å². The van der Waals surface area contributed by atoms with Crippen molar-refractivity contribution in [2.45, 2.75) is 6.04 Å². The van der Waals surface area contributed by atoms with E-state index >= 15 is 0 Å². The SMILES string of the molecule is CNCC1COc2cc(C#N)ccc2N1C. The highest BCUT2D eigenvalue weighted by Crippen LogP contribution is 2.33. The third-order valence-corrected chi connectivity index (χ3v) is 2.89. The van der Waals surface area contributed by atoms with Gasteiger partial charge in [-0.15, -0.1) is 0 Å². The smallest absolute Gasteiger partial charge is 0.144 e. The van der Waals surface area contributed by atoms with Gasteiger partial charge >= 0.3 is 0 Å². The Bertz CT molecular complexity index is 425. The second kappa shape index (κ2) is 4.42. The summed E-state index contributed by atoms with van der Waals surface area (Å²) < 4.78 is 5.67. The molecule has 0 fully saturated rings. The summed E-state index contributed by atoms with van der Waals surface area (Å²) in [6, 6.07) is 8.01. The van der Waals surface area contributed by atoms with Crippen molar-refractivity contribution in [1.29, 1.82) is 5.26 Å². The van der Waals surface area contributed by atoms with Crippen LogP contribution in [0, 0.1) is 11.3 Å². The molecule has 0 amide bonds. The normalized spacial score (nSPS) is 18.6. The molecule has 0 bridgehead atoms. The average molecular weight is 217 g/mol. The molecule has 84 valence electrons. The number of nitriles is 1. The van der Waals surface area contributed by atoms with Gasteiger partial charge < -0.3 is 15.0 Å². The molecule has 4 nitrogen and oxygen atoms in total. The molecule has 0 radical (unpaired) electrons. The molecule has 1 N–H and O–H groups in total. The van der Waals surface area contributed by atoms with Gasteiger partial charge in [-0.2, -0.15) is 5.26 Å². The van der Waals surface area contributed by atoms with Crippen molar-refractivity contribution in [3.05, 3.63) is 23.8 Å². The van der Waals surface area contributed by atoms with Crippen molar-refractivity contribution in [1.82, 2.24) is 5.32 Å². The van der Waals surface area contributed by atoms with E-state index in [1.54, 1.807) is 6.07 Å². The average Bonchev–Trinajstić information content (AvgIpc) is 2.32. The van der Waals surface area contributed by atoms with Crippen molar-refractivity contribution < 1.29 is 4.74 Å². The summed E-state index contributed by atoms with van der Waals surface area (Å²) in [4.78, 5) is 2.19. The van der Waals surface area contributed by atoms with Crippen LogP contribution in [0.15, 0.2) is 18.2 Å². The first-order valence-corrected chi connectivity index (χ1v) is 5.30. The largest absolute Gasteiger partial charge is 0.489 e. The number of anilines is 1. The fourth-order valence-corrected chi connectivity index (χ4v) is 1.92. The second-order valence-electron chi connectivity index (χ2n) is 3.93. The zero-order chi connectivity index (χ0) is 11.5. The third-order valence-electron chi connectivity index (χ3n) is 2.89. The predicted molar refractivity (Wildman–Crippen MR) is 62.8 cm³/mol. The van der Waals surface area contributed by atoms with Gasteiger partial charge in [0.05, 0.1) is 23.4 Å². The summed E-state index contributed by atoms with van der Waals surface area (Å²) in [7, 11) is 3.98. The maximum atomic E-state index is 8.81. The highest BCUT2D eigenvalue weighted by molar-refractivity contribution is 5.62. The van der Waals surface area contributed by atoms with Crippen LogP contribution in [0.2, 0.25) is 0 Å². The molecular weight excluding hydrogens is 202 g/mol. The lowest BCUT2D eigenvalue weighted by molar-refractivity contribution is 0.264. The highest BCUT2D eigenvalue weighted by atomic mass is 16.5. The molecule has 1 unspecified atom stereocenters. The van der Waals surface area contributed by atoms with Crippen molar-refractivity contribution in [3.8, 4) is 11.8 Å². The summed E-state index contributed by atoms with van der Waals surface area (Å²) in [5.41, 5.74) is 1.68. The molecule has 1 atom stereocenters. The van der Waals surface area contributed by atoms with Crippen LogP contribution in [0.4, 0.5) is 5.69 Å². The number of nitrogens with one attached hydrogen (secondary N) is 1. The van der Waals surface area contributed by atoms with Gasteiger partial charge in [-0.25, -0.2) is 0 Å². The lowest BCUT2D eigenvalue weighted by atomic mass is 10.1. The molecule has 2 rings (SSSR count). The number of benzene rings is 1. The van der Waals surface area contributed by atoms with E-state index in [9.17, 15) is 0 Å². The second-order valence-corrected chi connectivity index (χ2v) is 3.93. The molecule has 1 aromatic rings. The van der Waals surface area contributed by atoms with Gasteiger partial charge in [0.25, 0.3) is 0 Å². The van der Waals surface area contributed by atoms with Gasteiger partial charge in [-0.1, -0.05) is 0 Å². The molecule has 16 heavy (non-hydrogen) atoms. The van der Waals surface area contributed by atoms with E-state index in [0.29, 0.717) is 18.2 Å². The summed E-state index contributed by atoms with van der Waals surface area (Å²) in [6.45, 7) is 1.54.